The highest BCUT2D eigenvalue weighted by Gasteiger charge is 2.24. The minimum Gasteiger partial charge on any atom is -0.464 e. The molecule has 1 aromatic heterocycles. The lowest BCUT2D eigenvalue weighted by Gasteiger charge is -2.01. The van der Waals surface area contributed by atoms with Crippen LogP contribution >= 0.6 is 0 Å². The Labute approximate surface area is 79.4 Å². The van der Waals surface area contributed by atoms with Crippen LogP contribution in [0.25, 0.3) is 0 Å². The first-order chi connectivity index (χ1) is 6.61. The molecule has 2 N–H and O–H groups in total. The molecule has 0 bridgehead atoms. The second-order valence-electron chi connectivity index (χ2n) is 2.33. The summed E-state index contributed by atoms with van der Waals surface area (Å²) in [5.41, 5.74) is -0.304. The van der Waals surface area contributed by atoms with Crippen LogP contribution < -0.4 is 5.84 Å². The molecular weight excluding hydrogens is 190 g/mol. The second kappa shape index (κ2) is 3.77. The third-order valence-electron chi connectivity index (χ3n) is 1.55. The van der Waals surface area contributed by atoms with Gasteiger partial charge < -0.3 is 15.3 Å². The number of methoxy groups -OCH3 is 2. The van der Waals surface area contributed by atoms with Crippen molar-refractivity contribution < 1.29 is 19.1 Å². The van der Waals surface area contributed by atoms with Gasteiger partial charge >= 0.3 is 11.9 Å². The molecule has 0 atom stereocenters. The third-order valence-corrected chi connectivity index (χ3v) is 1.55. The maximum absolute atomic E-state index is 11.2. The van der Waals surface area contributed by atoms with Gasteiger partial charge in [-0.2, -0.15) is 0 Å². The molecule has 0 fully saturated rings. The van der Waals surface area contributed by atoms with E-state index in [0.29, 0.717) is 0 Å². The number of hydrogen-bond donors (Lipinski definition) is 1. The zero-order chi connectivity index (χ0) is 10.7. The lowest BCUT2D eigenvalue weighted by Crippen LogP contribution is -2.19. The van der Waals surface area contributed by atoms with Crippen molar-refractivity contribution in [3.05, 3.63) is 17.7 Å². The molecule has 14 heavy (non-hydrogen) atoms. The van der Waals surface area contributed by atoms with Gasteiger partial charge in [-0.25, -0.2) is 19.2 Å². The summed E-state index contributed by atoms with van der Waals surface area (Å²) in [6, 6.07) is 0. The predicted molar refractivity (Wildman–Crippen MR) is 45.1 cm³/mol. The van der Waals surface area contributed by atoms with Crippen molar-refractivity contribution >= 4 is 11.9 Å². The number of nitrogens with zero attached hydrogens (tertiary/aromatic N) is 2. The molecule has 0 amide bonds. The van der Waals surface area contributed by atoms with Gasteiger partial charge in [0.05, 0.1) is 14.2 Å². The number of nitrogens with two attached hydrogens (primary N) is 1. The smallest absolute Gasteiger partial charge is 0.359 e. The molecule has 1 rings (SSSR count). The van der Waals surface area contributed by atoms with Gasteiger partial charge in [-0.1, -0.05) is 0 Å². The van der Waals surface area contributed by atoms with Crippen molar-refractivity contribution in [2.24, 2.45) is 0 Å². The third kappa shape index (κ3) is 1.51. The fraction of sp³-hybridized carbons (Fsp3) is 0.286. The summed E-state index contributed by atoms with van der Waals surface area (Å²) in [5, 5.41) is 0. The number of carbonyl (C=O) groups excluding carboxylic acids is 2. The van der Waals surface area contributed by atoms with Gasteiger partial charge in [-0.3, -0.25) is 0 Å². The number of nitrogen functional groups attached to an aromatic ring is 1. The highest BCUT2D eigenvalue weighted by Crippen LogP contribution is 2.07. The lowest BCUT2D eigenvalue weighted by molar-refractivity contribution is 0.0545. The van der Waals surface area contributed by atoms with Crippen LogP contribution in [0.1, 0.15) is 21.0 Å². The fourth-order valence-electron chi connectivity index (χ4n) is 0.906. The van der Waals surface area contributed by atoms with E-state index in [0.717, 1.165) is 11.0 Å². The van der Waals surface area contributed by atoms with Gasteiger partial charge in [0, 0.05) is 0 Å². The van der Waals surface area contributed by atoms with Gasteiger partial charge in [0.25, 0.3) is 0 Å². The zero-order valence-corrected chi connectivity index (χ0v) is 7.68. The van der Waals surface area contributed by atoms with Gasteiger partial charge in [-0.05, 0) is 0 Å². The standard InChI is InChI=1S/C7H9N3O4/c1-13-6(11)4-5(7(12)14-2)10(8)3-9-4/h3H,8H2,1-2H3. The fourth-order valence-corrected chi connectivity index (χ4v) is 0.906. The lowest BCUT2D eigenvalue weighted by atomic mass is 10.3. The maximum Gasteiger partial charge on any atom is 0.359 e. The summed E-state index contributed by atoms with van der Waals surface area (Å²) >= 11 is 0. The van der Waals surface area contributed by atoms with Crippen molar-refractivity contribution in [1.82, 2.24) is 9.66 Å². The molecule has 1 aromatic rings. The minimum atomic E-state index is -0.745. The number of hydrogen-bond acceptors (Lipinski definition) is 6. The number of esters is 2. The van der Waals surface area contributed by atoms with Crippen molar-refractivity contribution in [1.29, 1.82) is 0 Å². The number of carbonyl (C=O) groups is 2. The van der Waals surface area contributed by atoms with Gasteiger partial charge in [0.2, 0.25) is 0 Å². The Hall–Kier alpha value is -2.05. The Morgan fingerprint density at radius 2 is 1.93 bits per heavy atom. The number of ether oxygens (including phenoxy) is 2. The summed E-state index contributed by atoms with van der Waals surface area (Å²) in [6.07, 6.45) is 1.12. The highest BCUT2D eigenvalue weighted by molar-refractivity contribution is 6.00. The van der Waals surface area contributed by atoms with E-state index >= 15 is 0 Å². The van der Waals surface area contributed by atoms with E-state index in [1.165, 1.54) is 14.2 Å². The predicted octanol–water partition coefficient (Wildman–Crippen LogP) is -0.830. The molecule has 0 aromatic carbocycles. The summed E-state index contributed by atoms with van der Waals surface area (Å²) in [5.74, 6) is 3.87. The van der Waals surface area contributed by atoms with Gasteiger partial charge in [-0.15, -0.1) is 0 Å². The first-order valence-electron chi connectivity index (χ1n) is 3.60. The highest BCUT2D eigenvalue weighted by atomic mass is 16.5. The first-order valence-corrected chi connectivity index (χ1v) is 3.60. The average Bonchev–Trinajstić information content (AvgIpc) is 2.58. The maximum atomic E-state index is 11.2. The van der Waals surface area contributed by atoms with E-state index in [-0.39, 0.29) is 11.4 Å². The van der Waals surface area contributed by atoms with Crippen LogP contribution in [0.15, 0.2) is 6.33 Å². The molecule has 7 nitrogen and oxygen atoms in total. The topological polar surface area (TPSA) is 96.4 Å². The van der Waals surface area contributed by atoms with E-state index in [1.807, 2.05) is 0 Å². The summed E-state index contributed by atoms with van der Waals surface area (Å²) in [4.78, 5) is 25.9. The molecule has 0 saturated carbocycles. The van der Waals surface area contributed by atoms with Crippen LogP contribution in [-0.2, 0) is 9.47 Å². The van der Waals surface area contributed by atoms with Crippen LogP contribution in [-0.4, -0.2) is 35.8 Å². The normalized spacial score (nSPS) is 9.57. The number of rotatable bonds is 2. The van der Waals surface area contributed by atoms with E-state index in [1.54, 1.807) is 0 Å². The molecule has 1 heterocycles. The van der Waals surface area contributed by atoms with Crippen LogP contribution in [0.2, 0.25) is 0 Å². The average molecular weight is 199 g/mol. The van der Waals surface area contributed by atoms with Crippen molar-refractivity contribution in [3.8, 4) is 0 Å². The quantitative estimate of drug-likeness (QED) is 0.493. The molecular formula is C7H9N3O4. The Bertz CT molecular complexity index is 371. The van der Waals surface area contributed by atoms with E-state index in [2.05, 4.69) is 14.5 Å². The number of imidazole rings is 1. The largest absolute Gasteiger partial charge is 0.464 e. The van der Waals surface area contributed by atoms with Crippen LogP contribution in [0.5, 0.6) is 0 Å². The van der Waals surface area contributed by atoms with Crippen LogP contribution in [0.3, 0.4) is 0 Å². The first kappa shape index (κ1) is 10.0. The van der Waals surface area contributed by atoms with Crippen molar-refractivity contribution in [3.63, 3.8) is 0 Å². The Morgan fingerprint density at radius 1 is 1.36 bits per heavy atom. The van der Waals surface area contributed by atoms with E-state index in [4.69, 9.17) is 5.84 Å². The number of aromatic nitrogens is 2. The molecule has 7 heteroatoms. The van der Waals surface area contributed by atoms with Crippen LogP contribution in [0.4, 0.5) is 0 Å². The molecule has 0 saturated heterocycles. The minimum absolute atomic E-state index is 0.139. The van der Waals surface area contributed by atoms with E-state index < -0.39 is 11.9 Å². The molecule has 0 aliphatic carbocycles. The molecule has 0 unspecified atom stereocenters. The summed E-state index contributed by atoms with van der Waals surface area (Å²) in [6.45, 7) is 0. The SMILES string of the molecule is COC(=O)c1ncn(N)c1C(=O)OC. The molecule has 0 aliphatic heterocycles. The molecule has 0 aliphatic rings. The molecule has 0 radical (unpaired) electrons. The monoisotopic (exact) mass is 199 g/mol. The van der Waals surface area contributed by atoms with Crippen LogP contribution in [0, 0.1) is 0 Å². The van der Waals surface area contributed by atoms with Gasteiger partial charge in [0.1, 0.15) is 6.33 Å². The second-order valence-corrected chi connectivity index (χ2v) is 2.33. The van der Waals surface area contributed by atoms with Crippen molar-refractivity contribution in [2.45, 2.75) is 0 Å². The zero-order valence-electron chi connectivity index (χ0n) is 7.68. The van der Waals surface area contributed by atoms with Gasteiger partial charge in [0.15, 0.2) is 11.4 Å². The van der Waals surface area contributed by atoms with E-state index in [9.17, 15) is 9.59 Å². The summed E-state index contributed by atoms with van der Waals surface area (Å²) < 4.78 is 9.73. The Morgan fingerprint density at radius 3 is 2.43 bits per heavy atom. The molecule has 76 valence electrons. The summed E-state index contributed by atoms with van der Waals surface area (Å²) in [7, 11) is 2.36. The Kier molecular flexibility index (Phi) is 2.70. The molecule has 0 spiro atoms. The van der Waals surface area contributed by atoms with Crippen molar-refractivity contribution in [2.75, 3.05) is 20.1 Å². The Balaban J connectivity index is 3.19.